The standard InChI is InChI=1S/C27H27FN2O4/c1-2-10-29-11-9-26-22-15-4-6-20(31)23(22)34-24(26)19(7-8-27(26,33)21(29)12-15)30-14-16-3-5-17(28)13-18(16)25(30)32/h2-6,13,19,21,24,31,33H,1,7-12,14H2/t19-,21+,24+,26+,27-/m1/s1. The molecule has 0 aromatic heterocycles. The number of amides is 1. The lowest BCUT2D eigenvalue weighted by atomic mass is 9.48. The summed E-state index contributed by atoms with van der Waals surface area (Å²) in [4.78, 5) is 17.5. The van der Waals surface area contributed by atoms with Crippen LogP contribution in [0.3, 0.4) is 0 Å². The minimum Gasteiger partial charge on any atom is -0.504 e. The van der Waals surface area contributed by atoms with Crippen LogP contribution < -0.4 is 4.74 Å². The Morgan fingerprint density at radius 3 is 2.88 bits per heavy atom. The van der Waals surface area contributed by atoms with E-state index in [1.807, 2.05) is 12.1 Å². The number of rotatable bonds is 3. The van der Waals surface area contributed by atoms with Gasteiger partial charge >= 0.3 is 0 Å². The molecule has 2 aromatic rings. The number of phenolic OH excluding ortho intramolecular Hbond substituents is 1. The number of piperidine rings is 1. The van der Waals surface area contributed by atoms with E-state index < -0.39 is 22.9 Å². The third-order valence-corrected chi connectivity index (χ3v) is 9.21. The van der Waals surface area contributed by atoms with Gasteiger partial charge in [0.2, 0.25) is 0 Å². The van der Waals surface area contributed by atoms with Gasteiger partial charge in [-0.15, -0.1) is 6.58 Å². The molecular formula is C27H27FN2O4. The molecule has 1 saturated carbocycles. The molecule has 0 unspecified atom stereocenters. The van der Waals surface area contributed by atoms with Gasteiger partial charge in [0, 0.05) is 30.3 Å². The number of likely N-dealkylation sites (tertiary alicyclic amines) is 1. The average Bonchev–Trinajstić information content (AvgIpc) is 3.33. The first-order valence-electron chi connectivity index (χ1n) is 12.1. The number of hydrogen-bond acceptors (Lipinski definition) is 5. The number of aliphatic hydroxyl groups is 1. The van der Waals surface area contributed by atoms with Crippen LogP contribution in [0.2, 0.25) is 0 Å². The number of phenols is 1. The molecule has 2 aliphatic carbocycles. The van der Waals surface area contributed by atoms with Gasteiger partial charge in [-0.25, -0.2) is 4.39 Å². The van der Waals surface area contributed by atoms with Gasteiger partial charge in [0.15, 0.2) is 11.5 Å². The number of hydrogen-bond donors (Lipinski definition) is 2. The van der Waals surface area contributed by atoms with Crippen molar-refractivity contribution in [2.45, 2.75) is 61.4 Å². The molecule has 1 saturated heterocycles. The topological polar surface area (TPSA) is 73.2 Å². The third-order valence-electron chi connectivity index (χ3n) is 9.21. The number of benzene rings is 2. The Morgan fingerprint density at radius 1 is 1.24 bits per heavy atom. The van der Waals surface area contributed by atoms with Gasteiger partial charge in [-0.3, -0.25) is 9.69 Å². The van der Waals surface area contributed by atoms with Crippen LogP contribution in [0, 0.1) is 5.82 Å². The van der Waals surface area contributed by atoms with Crippen molar-refractivity contribution in [3.63, 3.8) is 0 Å². The fourth-order valence-electron chi connectivity index (χ4n) is 7.87. The van der Waals surface area contributed by atoms with Crippen molar-refractivity contribution in [1.82, 2.24) is 9.80 Å². The summed E-state index contributed by atoms with van der Waals surface area (Å²) in [5.74, 6) is -0.0801. The molecule has 6 nitrogen and oxygen atoms in total. The van der Waals surface area contributed by atoms with Crippen molar-refractivity contribution < 1.29 is 24.1 Å². The number of aromatic hydroxyl groups is 1. The van der Waals surface area contributed by atoms with Crippen LogP contribution in [-0.4, -0.2) is 62.8 Å². The van der Waals surface area contributed by atoms with Crippen molar-refractivity contribution in [2.24, 2.45) is 0 Å². The second kappa shape index (κ2) is 6.61. The van der Waals surface area contributed by atoms with Crippen molar-refractivity contribution >= 4 is 5.91 Å². The lowest BCUT2D eigenvalue weighted by Gasteiger charge is -2.64. The zero-order valence-corrected chi connectivity index (χ0v) is 18.8. The Morgan fingerprint density at radius 2 is 2.06 bits per heavy atom. The van der Waals surface area contributed by atoms with Crippen LogP contribution in [0.4, 0.5) is 4.39 Å². The Kier molecular flexibility index (Phi) is 3.98. The number of ether oxygens (including phenoxy) is 1. The summed E-state index contributed by atoms with van der Waals surface area (Å²) < 4.78 is 20.4. The number of halogens is 1. The highest BCUT2D eigenvalue weighted by atomic mass is 19.1. The van der Waals surface area contributed by atoms with Gasteiger partial charge in [0.25, 0.3) is 5.91 Å². The third kappa shape index (κ3) is 2.25. The molecule has 7 heteroatoms. The summed E-state index contributed by atoms with van der Waals surface area (Å²) in [7, 11) is 0. The summed E-state index contributed by atoms with van der Waals surface area (Å²) >= 11 is 0. The molecule has 1 amide bonds. The van der Waals surface area contributed by atoms with Crippen LogP contribution in [-0.2, 0) is 18.4 Å². The molecule has 5 aliphatic rings. The highest BCUT2D eigenvalue weighted by molar-refractivity contribution is 5.98. The minimum absolute atomic E-state index is 0.0775. The van der Waals surface area contributed by atoms with E-state index in [0.717, 1.165) is 23.2 Å². The number of carbonyl (C=O) groups excluding carboxylic acids is 1. The molecule has 3 aliphatic heterocycles. The Bertz CT molecular complexity index is 1260. The lowest BCUT2D eigenvalue weighted by molar-refractivity contribution is -0.196. The molecule has 2 bridgehead atoms. The van der Waals surface area contributed by atoms with Crippen molar-refractivity contribution in [1.29, 1.82) is 0 Å². The van der Waals surface area contributed by atoms with Gasteiger partial charge in [-0.2, -0.15) is 0 Å². The summed E-state index contributed by atoms with van der Waals surface area (Å²) in [6.45, 7) is 5.79. The van der Waals surface area contributed by atoms with E-state index in [4.69, 9.17) is 4.74 Å². The van der Waals surface area contributed by atoms with Gasteiger partial charge in [-0.05, 0) is 61.6 Å². The highest BCUT2D eigenvalue weighted by Crippen LogP contribution is 2.66. The predicted molar refractivity (Wildman–Crippen MR) is 122 cm³/mol. The Hall–Kier alpha value is -2.90. The van der Waals surface area contributed by atoms with Crippen LogP contribution in [0.15, 0.2) is 43.0 Å². The minimum atomic E-state index is -1.04. The smallest absolute Gasteiger partial charge is 0.254 e. The normalized spacial score (nSPS) is 35.1. The Balaban J connectivity index is 1.37. The molecule has 0 radical (unpaired) electrons. The maximum Gasteiger partial charge on any atom is 0.254 e. The summed E-state index contributed by atoms with van der Waals surface area (Å²) in [5.41, 5.74) is 1.49. The SMILES string of the molecule is C=CCN1CC[C@]23c4c5ccc(O)c4O[C@H]2[C@H](N2Cc4ccc(F)cc4C2=O)CC[C@@]3(O)[C@@H]1C5. The van der Waals surface area contributed by atoms with Gasteiger partial charge in [0.05, 0.1) is 17.1 Å². The second-order valence-corrected chi connectivity index (χ2v) is 10.5. The fraction of sp³-hybridized carbons (Fsp3) is 0.444. The number of carbonyl (C=O) groups is 1. The van der Waals surface area contributed by atoms with E-state index in [1.165, 1.54) is 12.1 Å². The van der Waals surface area contributed by atoms with Crippen LogP contribution in [0.25, 0.3) is 0 Å². The van der Waals surface area contributed by atoms with Gasteiger partial charge in [0.1, 0.15) is 11.9 Å². The monoisotopic (exact) mass is 462 g/mol. The molecule has 1 spiro atoms. The Labute approximate surface area is 197 Å². The quantitative estimate of drug-likeness (QED) is 0.687. The number of nitrogens with zero attached hydrogens (tertiary/aromatic N) is 2. The number of fused-ring (bicyclic) bond motifs is 1. The summed E-state index contributed by atoms with van der Waals surface area (Å²) in [6.07, 6.45) is 3.86. The molecule has 2 fully saturated rings. The van der Waals surface area contributed by atoms with E-state index in [1.54, 1.807) is 17.0 Å². The van der Waals surface area contributed by atoms with Gasteiger partial charge in [-0.1, -0.05) is 18.2 Å². The highest BCUT2D eigenvalue weighted by Gasteiger charge is 2.73. The molecule has 34 heavy (non-hydrogen) atoms. The van der Waals surface area contributed by atoms with Crippen LogP contribution in [0.5, 0.6) is 11.5 Å². The second-order valence-electron chi connectivity index (χ2n) is 10.5. The molecule has 176 valence electrons. The zero-order chi connectivity index (χ0) is 23.4. The summed E-state index contributed by atoms with van der Waals surface area (Å²) in [6, 6.07) is 7.64. The maximum atomic E-state index is 13.9. The van der Waals surface area contributed by atoms with E-state index in [0.29, 0.717) is 50.1 Å². The van der Waals surface area contributed by atoms with Gasteiger partial charge < -0.3 is 19.8 Å². The van der Waals surface area contributed by atoms with Crippen molar-refractivity contribution in [3.05, 3.63) is 71.1 Å². The van der Waals surface area contributed by atoms with E-state index in [-0.39, 0.29) is 23.7 Å². The van der Waals surface area contributed by atoms with Crippen molar-refractivity contribution in [2.75, 3.05) is 13.1 Å². The molecule has 2 aromatic carbocycles. The molecule has 7 rings (SSSR count). The first-order valence-corrected chi connectivity index (χ1v) is 12.1. The average molecular weight is 463 g/mol. The molecule has 2 N–H and O–H groups in total. The fourth-order valence-corrected chi connectivity index (χ4v) is 7.87. The van der Waals surface area contributed by atoms with Crippen LogP contribution in [0.1, 0.15) is 46.3 Å². The first kappa shape index (κ1) is 20.5. The van der Waals surface area contributed by atoms with Crippen LogP contribution >= 0.6 is 0 Å². The largest absolute Gasteiger partial charge is 0.504 e. The zero-order valence-electron chi connectivity index (χ0n) is 18.8. The van der Waals surface area contributed by atoms with E-state index in [2.05, 4.69) is 11.5 Å². The van der Waals surface area contributed by atoms with E-state index >= 15 is 0 Å². The first-order chi connectivity index (χ1) is 16.4. The molecule has 5 atom stereocenters. The maximum absolute atomic E-state index is 13.9. The lowest BCUT2D eigenvalue weighted by Crippen LogP contribution is -2.78. The molecule has 3 heterocycles. The van der Waals surface area contributed by atoms with Crippen molar-refractivity contribution in [3.8, 4) is 11.5 Å². The van der Waals surface area contributed by atoms with E-state index in [9.17, 15) is 19.4 Å². The molecular weight excluding hydrogens is 435 g/mol. The predicted octanol–water partition coefficient (Wildman–Crippen LogP) is 2.90. The summed E-state index contributed by atoms with van der Waals surface area (Å²) in [5, 5.41) is 23.2.